The number of hydrogen-bond acceptors (Lipinski definition) is 4. The molecule has 0 radical (unpaired) electrons. The molecule has 5 heteroatoms. The number of benzene rings is 2. The highest BCUT2D eigenvalue weighted by Gasteiger charge is 2.35. The lowest BCUT2D eigenvalue weighted by Crippen LogP contribution is -2.46. The Morgan fingerprint density at radius 1 is 1.12 bits per heavy atom. The van der Waals surface area contributed by atoms with Crippen LogP contribution in [0, 0.1) is 11.3 Å². The van der Waals surface area contributed by atoms with E-state index in [0.29, 0.717) is 12.8 Å². The first-order chi connectivity index (χ1) is 12.1. The van der Waals surface area contributed by atoms with Crippen LogP contribution in [0.4, 0.5) is 0 Å². The number of amides is 1. The summed E-state index contributed by atoms with van der Waals surface area (Å²) >= 11 is 0. The highest BCUT2D eigenvalue weighted by Crippen LogP contribution is 2.28. The van der Waals surface area contributed by atoms with Crippen molar-refractivity contribution in [3.63, 3.8) is 0 Å². The molecule has 25 heavy (non-hydrogen) atoms. The Hall–Kier alpha value is -2.87. The molecule has 5 nitrogen and oxygen atoms in total. The average Bonchev–Trinajstić information content (AvgIpc) is 3.09. The number of carbonyl (C=O) groups excluding carboxylic acids is 2. The third-order valence-corrected chi connectivity index (χ3v) is 4.58. The van der Waals surface area contributed by atoms with Gasteiger partial charge in [-0.1, -0.05) is 42.5 Å². The van der Waals surface area contributed by atoms with E-state index in [4.69, 9.17) is 4.74 Å². The standard InChI is InChI=1S/C20H20N2O3/c21-14-20(9-3-4-10-20)22-18(23)13-25-19(24)12-15-7-8-16-5-1-2-6-17(16)11-15/h1-2,5-8,11H,3-4,9-10,12-13H2,(H,22,23). The van der Waals surface area contributed by atoms with E-state index in [9.17, 15) is 14.9 Å². The van der Waals surface area contributed by atoms with Crippen LogP contribution >= 0.6 is 0 Å². The minimum Gasteiger partial charge on any atom is -0.455 e. The fourth-order valence-corrected chi connectivity index (χ4v) is 3.26. The van der Waals surface area contributed by atoms with Gasteiger partial charge in [0, 0.05) is 0 Å². The summed E-state index contributed by atoms with van der Waals surface area (Å²) in [5.74, 6) is -0.877. The van der Waals surface area contributed by atoms with Gasteiger partial charge in [0.15, 0.2) is 6.61 Å². The Morgan fingerprint density at radius 2 is 1.84 bits per heavy atom. The van der Waals surface area contributed by atoms with Crippen LogP contribution in [-0.2, 0) is 20.7 Å². The quantitative estimate of drug-likeness (QED) is 0.852. The summed E-state index contributed by atoms with van der Waals surface area (Å²) < 4.78 is 5.06. The third kappa shape index (κ3) is 4.16. The first-order valence-corrected chi connectivity index (χ1v) is 8.46. The second kappa shape index (κ2) is 7.35. The molecule has 1 saturated carbocycles. The monoisotopic (exact) mass is 336 g/mol. The Balaban J connectivity index is 1.52. The first-order valence-electron chi connectivity index (χ1n) is 8.46. The van der Waals surface area contributed by atoms with Gasteiger partial charge in [0.05, 0.1) is 12.5 Å². The Bertz CT molecular complexity index is 832. The summed E-state index contributed by atoms with van der Waals surface area (Å²) in [4.78, 5) is 23.9. The van der Waals surface area contributed by atoms with E-state index in [1.54, 1.807) is 0 Å². The van der Waals surface area contributed by atoms with Crippen molar-refractivity contribution in [2.24, 2.45) is 0 Å². The second-order valence-electron chi connectivity index (χ2n) is 6.47. The molecule has 1 fully saturated rings. The van der Waals surface area contributed by atoms with Gasteiger partial charge in [-0.05, 0) is 42.0 Å². The molecular formula is C20H20N2O3. The molecule has 0 atom stereocenters. The van der Waals surface area contributed by atoms with Crippen LogP contribution in [-0.4, -0.2) is 24.0 Å². The summed E-state index contributed by atoms with van der Waals surface area (Å²) in [6, 6.07) is 15.9. The van der Waals surface area contributed by atoms with Gasteiger partial charge in [-0.2, -0.15) is 5.26 Å². The van der Waals surface area contributed by atoms with Gasteiger partial charge in [0.2, 0.25) is 0 Å². The summed E-state index contributed by atoms with van der Waals surface area (Å²) in [5.41, 5.74) is 0.0513. The number of rotatable bonds is 5. The minimum atomic E-state index is -0.790. The maximum Gasteiger partial charge on any atom is 0.310 e. The fraction of sp³-hybridized carbons (Fsp3) is 0.350. The Kier molecular flexibility index (Phi) is 4.99. The average molecular weight is 336 g/mol. The molecule has 1 aliphatic carbocycles. The van der Waals surface area contributed by atoms with E-state index in [0.717, 1.165) is 29.2 Å². The molecule has 0 spiro atoms. The molecule has 2 aromatic rings. The van der Waals surface area contributed by atoms with Gasteiger partial charge in [-0.3, -0.25) is 9.59 Å². The maximum absolute atomic E-state index is 12.0. The van der Waals surface area contributed by atoms with E-state index in [1.807, 2.05) is 42.5 Å². The van der Waals surface area contributed by atoms with E-state index >= 15 is 0 Å². The molecule has 1 N–H and O–H groups in total. The van der Waals surface area contributed by atoms with Crippen LogP contribution in [0.5, 0.6) is 0 Å². The van der Waals surface area contributed by atoms with Crippen LogP contribution in [0.25, 0.3) is 10.8 Å². The van der Waals surface area contributed by atoms with Gasteiger partial charge >= 0.3 is 5.97 Å². The molecule has 0 saturated heterocycles. The number of nitrogens with one attached hydrogen (secondary N) is 1. The maximum atomic E-state index is 12.0. The lowest BCUT2D eigenvalue weighted by atomic mass is 10.00. The van der Waals surface area contributed by atoms with Crippen LogP contribution < -0.4 is 5.32 Å². The lowest BCUT2D eigenvalue weighted by molar-refractivity contribution is -0.148. The van der Waals surface area contributed by atoms with Gasteiger partial charge in [0.1, 0.15) is 5.54 Å². The van der Waals surface area contributed by atoms with Crippen LogP contribution in [0.1, 0.15) is 31.2 Å². The van der Waals surface area contributed by atoms with Crippen molar-refractivity contribution in [2.75, 3.05) is 6.61 Å². The van der Waals surface area contributed by atoms with E-state index in [-0.39, 0.29) is 13.0 Å². The molecule has 0 aromatic heterocycles. The zero-order valence-corrected chi connectivity index (χ0v) is 14.0. The number of esters is 1. The Labute approximate surface area is 146 Å². The number of nitrogens with zero attached hydrogens (tertiary/aromatic N) is 1. The van der Waals surface area contributed by atoms with E-state index < -0.39 is 17.4 Å². The highest BCUT2D eigenvalue weighted by atomic mass is 16.5. The van der Waals surface area contributed by atoms with Crippen LogP contribution in [0.2, 0.25) is 0 Å². The number of carbonyl (C=O) groups is 2. The topological polar surface area (TPSA) is 79.2 Å². The molecule has 1 amide bonds. The summed E-state index contributed by atoms with van der Waals surface area (Å²) in [6.07, 6.45) is 3.27. The zero-order chi connectivity index (χ0) is 17.7. The largest absolute Gasteiger partial charge is 0.455 e. The molecule has 3 rings (SSSR count). The predicted molar refractivity (Wildman–Crippen MR) is 93.6 cm³/mol. The highest BCUT2D eigenvalue weighted by molar-refractivity contribution is 5.85. The SMILES string of the molecule is N#CC1(NC(=O)COC(=O)Cc2ccc3ccccc3c2)CCCC1. The number of hydrogen-bond donors (Lipinski definition) is 1. The van der Waals surface area contributed by atoms with Crippen molar-refractivity contribution < 1.29 is 14.3 Å². The molecule has 0 unspecified atom stereocenters. The van der Waals surface area contributed by atoms with Gasteiger partial charge < -0.3 is 10.1 Å². The van der Waals surface area contributed by atoms with Crippen LogP contribution in [0.3, 0.4) is 0 Å². The molecule has 1 aliphatic rings. The normalized spacial score (nSPS) is 15.5. The van der Waals surface area contributed by atoms with E-state index in [1.165, 1.54) is 0 Å². The van der Waals surface area contributed by atoms with Gasteiger partial charge in [-0.15, -0.1) is 0 Å². The zero-order valence-electron chi connectivity index (χ0n) is 14.0. The van der Waals surface area contributed by atoms with Crippen molar-refractivity contribution in [2.45, 2.75) is 37.6 Å². The smallest absolute Gasteiger partial charge is 0.310 e. The van der Waals surface area contributed by atoms with Crippen molar-refractivity contribution in [3.8, 4) is 6.07 Å². The molecular weight excluding hydrogens is 316 g/mol. The lowest BCUT2D eigenvalue weighted by Gasteiger charge is -2.21. The number of nitriles is 1. The van der Waals surface area contributed by atoms with Crippen molar-refractivity contribution in [1.29, 1.82) is 5.26 Å². The van der Waals surface area contributed by atoms with Crippen molar-refractivity contribution >= 4 is 22.6 Å². The van der Waals surface area contributed by atoms with E-state index in [2.05, 4.69) is 11.4 Å². The number of fused-ring (bicyclic) bond motifs is 1. The molecule has 0 heterocycles. The van der Waals surface area contributed by atoms with Crippen molar-refractivity contribution in [1.82, 2.24) is 5.32 Å². The van der Waals surface area contributed by atoms with Gasteiger partial charge in [-0.25, -0.2) is 0 Å². The molecule has 128 valence electrons. The first kappa shape index (κ1) is 17.0. The fourth-order valence-electron chi connectivity index (χ4n) is 3.26. The molecule has 2 aromatic carbocycles. The Morgan fingerprint density at radius 3 is 2.56 bits per heavy atom. The van der Waals surface area contributed by atoms with Crippen molar-refractivity contribution in [3.05, 3.63) is 48.0 Å². The third-order valence-electron chi connectivity index (χ3n) is 4.58. The molecule has 0 aliphatic heterocycles. The summed E-state index contributed by atoms with van der Waals surface area (Å²) in [6.45, 7) is -0.351. The summed E-state index contributed by atoms with van der Waals surface area (Å²) in [5, 5.41) is 14.1. The summed E-state index contributed by atoms with van der Waals surface area (Å²) in [7, 11) is 0. The second-order valence-corrected chi connectivity index (χ2v) is 6.47. The van der Waals surface area contributed by atoms with Gasteiger partial charge in [0.25, 0.3) is 5.91 Å². The molecule has 0 bridgehead atoms. The van der Waals surface area contributed by atoms with Crippen LogP contribution in [0.15, 0.2) is 42.5 Å². The number of ether oxygens (including phenoxy) is 1. The minimum absolute atomic E-state index is 0.113. The predicted octanol–water partition coefficient (Wildman–Crippen LogP) is 2.88.